The summed E-state index contributed by atoms with van der Waals surface area (Å²) in [6.07, 6.45) is 3.29. The zero-order valence-electron chi connectivity index (χ0n) is 9.82. The molecule has 0 fully saturated rings. The maximum atomic E-state index is 12.0. The van der Waals surface area contributed by atoms with Gasteiger partial charge in [0.25, 0.3) is 0 Å². The lowest BCUT2D eigenvalue weighted by atomic mass is 10.1. The predicted molar refractivity (Wildman–Crippen MR) is 70.3 cm³/mol. The molecule has 6 heteroatoms. The highest BCUT2D eigenvalue weighted by molar-refractivity contribution is 6.29. The van der Waals surface area contributed by atoms with E-state index < -0.39 is 0 Å². The maximum absolute atomic E-state index is 12.0. The van der Waals surface area contributed by atoms with Gasteiger partial charge in [-0.3, -0.25) is 9.78 Å². The van der Waals surface area contributed by atoms with E-state index in [-0.39, 0.29) is 12.2 Å². The van der Waals surface area contributed by atoms with Gasteiger partial charge in [-0.2, -0.15) is 0 Å². The van der Waals surface area contributed by atoms with Gasteiger partial charge in [-0.05, 0) is 24.3 Å². The molecular formula is C13H9ClN4O. The lowest BCUT2D eigenvalue weighted by molar-refractivity contribution is 0.0990. The number of fused-ring (bicyclic) bond motifs is 1. The molecule has 0 aliphatic rings. The third-order valence-electron chi connectivity index (χ3n) is 2.66. The molecule has 94 valence electrons. The second-order valence-corrected chi connectivity index (χ2v) is 4.38. The molecule has 0 aliphatic heterocycles. The van der Waals surface area contributed by atoms with Crippen LogP contribution in [0.5, 0.6) is 0 Å². The summed E-state index contributed by atoms with van der Waals surface area (Å²) in [5, 5.41) is 4.67. The number of Topliss-reactive ketones (excluding diaryl/α,β-unsaturated/α-hetero) is 1. The first-order valence-corrected chi connectivity index (χ1v) is 6.05. The fourth-order valence-corrected chi connectivity index (χ4v) is 1.96. The molecule has 0 atom stereocenters. The van der Waals surface area contributed by atoms with Crippen LogP contribution in [0.1, 0.15) is 16.2 Å². The van der Waals surface area contributed by atoms with Crippen molar-refractivity contribution in [3.05, 3.63) is 59.3 Å². The second-order valence-electron chi connectivity index (χ2n) is 3.99. The Kier molecular flexibility index (Phi) is 2.97. The summed E-state index contributed by atoms with van der Waals surface area (Å²) in [5.74, 6) is 0.377. The van der Waals surface area contributed by atoms with E-state index in [1.54, 1.807) is 36.5 Å². The number of nitrogens with zero attached hydrogens (tertiary/aromatic N) is 4. The van der Waals surface area contributed by atoms with E-state index in [1.807, 2.05) is 0 Å². The van der Waals surface area contributed by atoms with E-state index >= 15 is 0 Å². The molecule has 0 saturated heterocycles. The Morgan fingerprint density at radius 2 is 2.16 bits per heavy atom. The molecule has 0 aliphatic carbocycles. The van der Waals surface area contributed by atoms with Crippen LogP contribution in [0, 0.1) is 0 Å². The van der Waals surface area contributed by atoms with Crippen molar-refractivity contribution in [1.82, 2.24) is 19.6 Å². The zero-order valence-corrected chi connectivity index (χ0v) is 10.6. The highest BCUT2D eigenvalue weighted by Crippen LogP contribution is 2.12. The Bertz CT molecular complexity index is 739. The summed E-state index contributed by atoms with van der Waals surface area (Å²) in [5.41, 5.74) is 1.17. The van der Waals surface area contributed by atoms with Gasteiger partial charge in [0.2, 0.25) is 0 Å². The predicted octanol–water partition coefficient (Wildman–Crippen LogP) is 2.20. The molecule has 0 radical (unpaired) electrons. The van der Waals surface area contributed by atoms with E-state index in [0.29, 0.717) is 22.2 Å². The smallest absolute Gasteiger partial charge is 0.172 e. The molecule has 0 spiro atoms. The molecule has 3 rings (SSSR count). The average Bonchev–Trinajstić information content (AvgIpc) is 2.84. The molecule has 0 aromatic carbocycles. The molecule has 0 unspecified atom stereocenters. The minimum Gasteiger partial charge on any atom is -0.294 e. The number of halogens is 1. The minimum absolute atomic E-state index is 0.0693. The van der Waals surface area contributed by atoms with Gasteiger partial charge in [-0.25, -0.2) is 9.50 Å². The van der Waals surface area contributed by atoms with Crippen molar-refractivity contribution in [2.75, 3.05) is 0 Å². The monoisotopic (exact) mass is 272 g/mol. The van der Waals surface area contributed by atoms with Crippen LogP contribution in [0.15, 0.2) is 42.7 Å². The summed E-state index contributed by atoms with van der Waals surface area (Å²) in [6.45, 7) is 0. The van der Waals surface area contributed by atoms with Crippen LogP contribution < -0.4 is 0 Å². The normalized spacial score (nSPS) is 10.8. The maximum Gasteiger partial charge on any atom is 0.172 e. The van der Waals surface area contributed by atoms with Gasteiger partial charge in [-0.1, -0.05) is 17.7 Å². The first-order valence-electron chi connectivity index (χ1n) is 5.67. The Labute approximate surface area is 113 Å². The van der Waals surface area contributed by atoms with Crippen LogP contribution in [-0.4, -0.2) is 25.4 Å². The van der Waals surface area contributed by atoms with Crippen molar-refractivity contribution in [2.24, 2.45) is 0 Å². The third-order valence-corrected chi connectivity index (χ3v) is 2.95. The van der Waals surface area contributed by atoms with E-state index in [2.05, 4.69) is 15.1 Å². The molecule has 3 aromatic heterocycles. The lowest BCUT2D eigenvalue weighted by Gasteiger charge is -1.96. The van der Waals surface area contributed by atoms with Gasteiger partial charge in [0.15, 0.2) is 17.3 Å². The van der Waals surface area contributed by atoms with Crippen molar-refractivity contribution in [3.63, 3.8) is 0 Å². The lowest BCUT2D eigenvalue weighted by Crippen LogP contribution is -2.05. The molecule has 3 aromatic rings. The number of pyridine rings is 2. The number of hydrogen-bond donors (Lipinski definition) is 0. The summed E-state index contributed by atoms with van der Waals surface area (Å²) in [6, 6.07) is 8.74. The Morgan fingerprint density at radius 1 is 1.26 bits per heavy atom. The average molecular weight is 273 g/mol. The van der Waals surface area contributed by atoms with Crippen LogP contribution in [0.4, 0.5) is 0 Å². The summed E-state index contributed by atoms with van der Waals surface area (Å²) in [4.78, 5) is 20.2. The number of ketones is 1. The Balaban J connectivity index is 1.90. The van der Waals surface area contributed by atoms with Gasteiger partial charge in [0.05, 0.1) is 6.42 Å². The summed E-state index contributed by atoms with van der Waals surface area (Å²) >= 11 is 5.99. The van der Waals surface area contributed by atoms with Crippen molar-refractivity contribution in [2.45, 2.75) is 6.42 Å². The Hall–Kier alpha value is -2.27. The van der Waals surface area contributed by atoms with Crippen LogP contribution in [0.25, 0.3) is 5.65 Å². The van der Waals surface area contributed by atoms with Crippen LogP contribution in [0.3, 0.4) is 0 Å². The molecule has 0 amide bonds. The third kappa shape index (κ3) is 2.32. The molecule has 0 N–H and O–H groups in total. The van der Waals surface area contributed by atoms with Crippen molar-refractivity contribution in [1.29, 1.82) is 0 Å². The van der Waals surface area contributed by atoms with Crippen molar-refractivity contribution in [3.8, 4) is 0 Å². The Morgan fingerprint density at radius 3 is 2.89 bits per heavy atom. The van der Waals surface area contributed by atoms with E-state index in [1.165, 1.54) is 10.7 Å². The van der Waals surface area contributed by atoms with Gasteiger partial charge >= 0.3 is 0 Å². The number of hydrogen-bond acceptors (Lipinski definition) is 4. The fourth-order valence-electron chi connectivity index (χ4n) is 1.77. The van der Waals surface area contributed by atoms with E-state index in [9.17, 15) is 4.79 Å². The minimum atomic E-state index is -0.0693. The quantitative estimate of drug-likeness (QED) is 0.542. The number of aromatic nitrogens is 4. The van der Waals surface area contributed by atoms with Crippen molar-refractivity contribution >= 4 is 23.0 Å². The topological polar surface area (TPSA) is 60.2 Å². The molecule has 19 heavy (non-hydrogen) atoms. The first-order chi connectivity index (χ1) is 9.24. The largest absolute Gasteiger partial charge is 0.294 e. The first kappa shape index (κ1) is 11.8. The molecule has 5 nitrogen and oxygen atoms in total. The fraction of sp³-hybridized carbons (Fsp3) is 0.0769. The number of carbonyl (C=O) groups excluding carboxylic acids is 1. The van der Waals surface area contributed by atoms with Crippen LogP contribution in [-0.2, 0) is 6.42 Å². The van der Waals surface area contributed by atoms with Gasteiger partial charge in [-0.15, -0.1) is 5.10 Å². The molecule has 0 saturated carbocycles. The van der Waals surface area contributed by atoms with Gasteiger partial charge in [0, 0.05) is 18.0 Å². The number of carbonyl (C=O) groups is 1. The molecule has 0 bridgehead atoms. The second kappa shape index (κ2) is 4.78. The van der Waals surface area contributed by atoms with Gasteiger partial charge in [0.1, 0.15) is 5.15 Å². The van der Waals surface area contributed by atoms with E-state index in [0.717, 1.165) is 0 Å². The SMILES string of the molecule is O=C(Cc1nc2cccc(Cl)n2n1)c1cccnc1. The number of rotatable bonds is 3. The highest BCUT2D eigenvalue weighted by Gasteiger charge is 2.12. The standard InChI is InChI=1S/C13H9ClN4O/c14-11-4-1-5-13-16-12(17-18(11)13)7-10(19)9-3-2-6-15-8-9/h1-6,8H,7H2. The highest BCUT2D eigenvalue weighted by atomic mass is 35.5. The van der Waals surface area contributed by atoms with Gasteiger partial charge < -0.3 is 0 Å². The van der Waals surface area contributed by atoms with Crippen LogP contribution in [0.2, 0.25) is 5.15 Å². The molecule has 3 heterocycles. The zero-order chi connectivity index (χ0) is 13.2. The summed E-state index contributed by atoms with van der Waals surface area (Å²) < 4.78 is 1.51. The van der Waals surface area contributed by atoms with E-state index in [4.69, 9.17) is 11.6 Å². The van der Waals surface area contributed by atoms with Crippen LogP contribution >= 0.6 is 11.6 Å². The molecular weight excluding hydrogens is 264 g/mol. The van der Waals surface area contributed by atoms with Crippen molar-refractivity contribution < 1.29 is 4.79 Å². The summed E-state index contributed by atoms with van der Waals surface area (Å²) in [7, 11) is 0.